The van der Waals surface area contributed by atoms with Gasteiger partial charge in [0, 0.05) is 19.2 Å². The van der Waals surface area contributed by atoms with Crippen LogP contribution in [-0.2, 0) is 0 Å². The predicted molar refractivity (Wildman–Crippen MR) is 70.7 cm³/mol. The molecule has 1 amide bonds. The quantitative estimate of drug-likeness (QED) is 0.886. The van der Waals surface area contributed by atoms with Crippen molar-refractivity contribution >= 4 is 5.91 Å². The number of phenols is 1. The number of hydrogen-bond donors (Lipinski definition) is 1. The molecule has 4 nitrogen and oxygen atoms in total. The lowest BCUT2D eigenvalue weighted by molar-refractivity contribution is 0.0656. The summed E-state index contributed by atoms with van der Waals surface area (Å²) in [6.07, 6.45) is 1.83. The summed E-state index contributed by atoms with van der Waals surface area (Å²) in [6, 6.07) is 3.66. The van der Waals surface area contributed by atoms with E-state index in [1.807, 2.05) is 0 Å². The van der Waals surface area contributed by atoms with E-state index in [-0.39, 0.29) is 23.3 Å². The van der Waals surface area contributed by atoms with Gasteiger partial charge in [-0.25, -0.2) is 4.39 Å². The van der Waals surface area contributed by atoms with Crippen LogP contribution in [0, 0.1) is 5.82 Å². The van der Waals surface area contributed by atoms with Gasteiger partial charge in [-0.1, -0.05) is 0 Å². The Hall–Kier alpha value is -1.62. The first-order valence-electron chi connectivity index (χ1n) is 6.43. The number of nitrogens with zero attached hydrogens (tertiary/aromatic N) is 2. The van der Waals surface area contributed by atoms with Crippen molar-refractivity contribution in [3.05, 3.63) is 29.6 Å². The third-order valence-corrected chi connectivity index (χ3v) is 3.75. The Balaban J connectivity index is 2.10. The third kappa shape index (κ3) is 3.04. The number of piperidine rings is 1. The Labute approximate surface area is 112 Å². The zero-order valence-corrected chi connectivity index (χ0v) is 11.3. The van der Waals surface area contributed by atoms with Gasteiger partial charge >= 0.3 is 0 Å². The van der Waals surface area contributed by atoms with Crippen molar-refractivity contribution in [1.82, 2.24) is 9.80 Å². The molecule has 0 aliphatic carbocycles. The lowest BCUT2D eigenvalue weighted by Gasteiger charge is -2.35. The largest absolute Gasteiger partial charge is 0.507 e. The van der Waals surface area contributed by atoms with Gasteiger partial charge in [0.2, 0.25) is 0 Å². The summed E-state index contributed by atoms with van der Waals surface area (Å²) in [6.45, 7) is 1.91. The Morgan fingerprint density at radius 1 is 1.42 bits per heavy atom. The number of aromatic hydroxyl groups is 1. The summed E-state index contributed by atoms with van der Waals surface area (Å²) in [5.74, 6) is -1.10. The molecule has 1 aliphatic heterocycles. The van der Waals surface area contributed by atoms with Gasteiger partial charge in [-0.2, -0.15) is 0 Å². The number of likely N-dealkylation sites (tertiary alicyclic amines) is 1. The van der Waals surface area contributed by atoms with Gasteiger partial charge in [0.1, 0.15) is 11.6 Å². The fraction of sp³-hybridized carbons (Fsp3) is 0.500. The Kier molecular flexibility index (Phi) is 4.04. The van der Waals surface area contributed by atoms with Gasteiger partial charge in [-0.05, 0) is 45.1 Å². The van der Waals surface area contributed by atoms with Gasteiger partial charge in [-0.3, -0.25) is 4.79 Å². The van der Waals surface area contributed by atoms with E-state index in [4.69, 9.17) is 0 Å². The molecule has 0 radical (unpaired) electrons. The normalized spacial score (nSPS) is 17.4. The summed E-state index contributed by atoms with van der Waals surface area (Å²) < 4.78 is 12.9. The average Bonchev–Trinajstić information content (AvgIpc) is 2.38. The zero-order valence-electron chi connectivity index (χ0n) is 11.3. The Morgan fingerprint density at radius 2 is 2.05 bits per heavy atom. The molecule has 0 aromatic heterocycles. The summed E-state index contributed by atoms with van der Waals surface area (Å²) in [7, 11) is 3.80. The SMILES string of the molecule is CN1CCC(N(C)C(=O)c2ccc(F)cc2O)CC1. The smallest absolute Gasteiger partial charge is 0.257 e. The highest BCUT2D eigenvalue weighted by Crippen LogP contribution is 2.22. The van der Waals surface area contributed by atoms with Crippen LogP contribution in [0.15, 0.2) is 18.2 Å². The van der Waals surface area contributed by atoms with Crippen molar-refractivity contribution in [3.8, 4) is 5.75 Å². The van der Waals surface area contributed by atoms with E-state index < -0.39 is 5.82 Å². The topological polar surface area (TPSA) is 43.8 Å². The fourth-order valence-electron chi connectivity index (χ4n) is 2.42. The maximum Gasteiger partial charge on any atom is 0.257 e. The molecule has 5 heteroatoms. The maximum atomic E-state index is 12.9. The van der Waals surface area contributed by atoms with Gasteiger partial charge in [0.05, 0.1) is 5.56 Å². The van der Waals surface area contributed by atoms with Crippen LogP contribution in [0.25, 0.3) is 0 Å². The number of carbonyl (C=O) groups is 1. The minimum absolute atomic E-state index is 0.155. The molecule has 0 atom stereocenters. The molecular formula is C14H19FN2O2. The molecule has 1 aliphatic rings. The van der Waals surface area contributed by atoms with E-state index in [9.17, 15) is 14.3 Å². The molecule has 1 heterocycles. The standard InChI is InChI=1S/C14H19FN2O2/c1-16-7-5-11(6-8-16)17(2)14(19)12-4-3-10(15)9-13(12)18/h3-4,9,11,18H,5-8H2,1-2H3. The molecular weight excluding hydrogens is 247 g/mol. The zero-order chi connectivity index (χ0) is 14.0. The lowest BCUT2D eigenvalue weighted by atomic mass is 10.0. The molecule has 0 spiro atoms. The number of hydrogen-bond acceptors (Lipinski definition) is 3. The molecule has 1 N–H and O–H groups in total. The number of benzene rings is 1. The summed E-state index contributed by atoms with van der Waals surface area (Å²) in [4.78, 5) is 16.2. The number of carbonyl (C=O) groups excluding carboxylic acids is 1. The molecule has 1 fully saturated rings. The van der Waals surface area contributed by atoms with Crippen molar-refractivity contribution in [2.75, 3.05) is 27.2 Å². The number of amides is 1. The number of halogens is 1. The minimum Gasteiger partial charge on any atom is -0.507 e. The van der Waals surface area contributed by atoms with Crippen LogP contribution in [-0.4, -0.2) is 54.0 Å². The van der Waals surface area contributed by atoms with E-state index in [1.54, 1.807) is 11.9 Å². The van der Waals surface area contributed by atoms with E-state index in [0.29, 0.717) is 0 Å². The van der Waals surface area contributed by atoms with Crippen LogP contribution in [0.3, 0.4) is 0 Å². The molecule has 1 saturated heterocycles. The minimum atomic E-state index is -0.545. The Bertz CT molecular complexity index is 471. The van der Waals surface area contributed by atoms with Crippen LogP contribution in [0.2, 0.25) is 0 Å². The van der Waals surface area contributed by atoms with Crippen LogP contribution >= 0.6 is 0 Å². The van der Waals surface area contributed by atoms with Gasteiger partial charge in [0.15, 0.2) is 0 Å². The molecule has 0 saturated carbocycles. The first kappa shape index (κ1) is 13.8. The second-order valence-electron chi connectivity index (χ2n) is 5.11. The van der Waals surface area contributed by atoms with Crippen molar-refractivity contribution in [3.63, 3.8) is 0 Å². The van der Waals surface area contributed by atoms with Crippen molar-refractivity contribution in [1.29, 1.82) is 0 Å². The van der Waals surface area contributed by atoms with E-state index >= 15 is 0 Å². The lowest BCUT2D eigenvalue weighted by Crippen LogP contribution is -2.44. The van der Waals surface area contributed by atoms with Crippen molar-refractivity contribution in [2.45, 2.75) is 18.9 Å². The second kappa shape index (κ2) is 5.57. The highest BCUT2D eigenvalue weighted by Gasteiger charge is 2.26. The maximum absolute atomic E-state index is 12.9. The van der Waals surface area contributed by atoms with Gasteiger partial charge in [0.25, 0.3) is 5.91 Å². The fourth-order valence-corrected chi connectivity index (χ4v) is 2.42. The van der Waals surface area contributed by atoms with Gasteiger partial charge in [-0.15, -0.1) is 0 Å². The summed E-state index contributed by atoms with van der Waals surface area (Å²) >= 11 is 0. The highest BCUT2D eigenvalue weighted by molar-refractivity contribution is 5.96. The first-order valence-corrected chi connectivity index (χ1v) is 6.43. The van der Waals surface area contributed by atoms with E-state index in [2.05, 4.69) is 11.9 Å². The highest BCUT2D eigenvalue weighted by atomic mass is 19.1. The number of rotatable bonds is 2. The van der Waals surface area contributed by atoms with Crippen LogP contribution in [0.4, 0.5) is 4.39 Å². The molecule has 19 heavy (non-hydrogen) atoms. The molecule has 104 valence electrons. The van der Waals surface area contributed by atoms with Crippen LogP contribution < -0.4 is 0 Å². The third-order valence-electron chi connectivity index (χ3n) is 3.75. The molecule has 1 aromatic rings. The van der Waals surface area contributed by atoms with Crippen LogP contribution in [0.5, 0.6) is 5.75 Å². The van der Waals surface area contributed by atoms with Crippen LogP contribution in [0.1, 0.15) is 23.2 Å². The average molecular weight is 266 g/mol. The van der Waals surface area contributed by atoms with E-state index in [0.717, 1.165) is 32.0 Å². The van der Waals surface area contributed by atoms with Crippen molar-refractivity contribution in [2.24, 2.45) is 0 Å². The monoisotopic (exact) mass is 266 g/mol. The first-order chi connectivity index (χ1) is 8.99. The summed E-state index contributed by atoms with van der Waals surface area (Å²) in [5, 5.41) is 9.66. The summed E-state index contributed by atoms with van der Waals surface area (Å²) in [5.41, 5.74) is 0.155. The second-order valence-corrected chi connectivity index (χ2v) is 5.11. The predicted octanol–water partition coefficient (Wildman–Crippen LogP) is 1.70. The Morgan fingerprint density at radius 3 is 2.63 bits per heavy atom. The molecule has 0 bridgehead atoms. The molecule has 0 unspecified atom stereocenters. The van der Waals surface area contributed by atoms with E-state index in [1.165, 1.54) is 12.1 Å². The van der Waals surface area contributed by atoms with Crippen molar-refractivity contribution < 1.29 is 14.3 Å². The molecule has 1 aromatic carbocycles. The molecule has 2 rings (SSSR count). The van der Waals surface area contributed by atoms with Gasteiger partial charge < -0.3 is 14.9 Å². The number of phenolic OH excluding ortho intramolecular Hbond substituents is 1.